The zero-order valence-corrected chi connectivity index (χ0v) is 10.4. The van der Waals surface area contributed by atoms with Crippen LogP contribution in [-0.4, -0.2) is 48.2 Å². The van der Waals surface area contributed by atoms with Gasteiger partial charge in [0, 0.05) is 37.9 Å². The molecule has 0 saturated carbocycles. The van der Waals surface area contributed by atoms with Crippen LogP contribution >= 0.6 is 0 Å². The molecule has 1 amide bonds. The van der Waals surface area contributed by atoms with Gasteiger partial charge in [0.15, 0.2) is 0 Å². The van der Waals surface area contributed by atoms with Gasteiger partial charge in [-0.2, -0.15) is 0 Å². The molecule has 1 saturated heterocycles. The first-order valence-corrected chi connectivity index (χ1v) is 5.89. The summed E-state index contributed by atoms with van der Waals surface area (Å²) in [6.07, 6.45) is 0.644. The summed E-state index contributed by atoms with van der Waals surface area (Å²) < 4.78 is 0. The van der Waals surface area contributed by atoms with Crippen LogP contribution in [0.5, 0.6) is 0 Å². The molecule has 4 nitrogen and oxygen atoms in total. The summed E-state index contributed by atoms with van der Waals surface area (Å²) in [4.78, 5) is 14.0. The van der Waals surface area contributed by atoms with Crippen molar-refractivity contribution in [1.82, 2.24) is 10.2 Å². The number of nitrogens with one attached hydrogen (secondary N) is 1. The van der Waals surface area contributed by atoms with Crippen LogP contribution in [0, 0.1) is 0 Å². The van der Waals surface area contributed by atoms with Crippen LogP contribution in [0.25, 0.3) is 0 Å². The van der Waals surface area contributed by atoms with E-state index in [9.17, 15) is 4.79 Å². The second kappa shape index (κ2) is 6.01. The van der Waals surface area contributed by atoms with E-state index in [1.54, 1.807) is 0 Å². The molecular formula is C12H22N2O2. The molecule has 0 aromatic heterocycles. The highest BCUT2D eigenvalue weighted by Gasteiger charge is 2.22. The van der Waals surface area contributed by atoms with E-state index in [0.29, 0.717) is 13.0 Å². The van der Waals surface area contributed by atoms with Crippen molar-refractivity contribution in [3.8, 4) is 0 Å². The lowest BCUT2D eigenvalue weighted by Gasteiger charge is -2.29. The Morgan fingerprint density at radius 2 is 2.12 bits per heavy atom. The topological polar surface area (TPSA) is 52.6 Å². The highest BCUT2D eigenvalue weighted by atomic mass is 16.3. The minimum Gasteiger partial charge on any atom is -0.396 e. The number of aliphatic hydroxyl groups is 1. The number of nitrogens with zero attached hydrogens (tertiary/aromatic N) is 1. The molecule has 1 heterocycles. The summed E-state index contributed by atoms with van der Waals surface area (Å²) in [6, 6.07) is 0.183. The Morgan fingerprint density at radius 1 is 1.50 bits per heavy atom. The fraction of sp³-hybridized carbons (Fsp3) is 0.750. The molecule has 1 aliphatic rings. The Labute approximate surface area is 97.3 Å². The molecule has 0 bridgehead atoms. The Balaban J connectivity index is 2.66. The van der Waals surface area contributed by atoms with E-state index >= 15 is 0 Å². The van der Waals surface area contributed by atoms with Gasteiger partial charge in [0.2, 0.25) is 5.91 Å². The molecule has 92 valence electrons. The van der Waals surface area contributed by atoms with Crippen LogP contribution in [-0.2, 0) is 4.79 Å². The zero-order chi connectivity index (χ0) is 12.1. The molecule has 4 heteroatoms. The van der Waals surface area contributed by atoms with Crippen molar-refractivity contribution >= 4 is 5.91 Å². The monoisotopic (exact) mass is 226 g/mol. The van der Waals surface area contributed by atoms with Gasteiger partial charge < -0.3 is 15.3 Å². The molecule has 0 atom stereocenters. The second-order valence-electron chi connectivity index (χ2n) is 4.50. The van der Waals surface area contributed by atoms with Crippen LogP contribution in [0.15, 0.2) is 11.1 Å². The number of amides is 1. The molecule has 0 radical (unpaired) electrons. The van der Waals surface area contributed by atoms with E-state index in [-0.39, 0.29) is 18.6 Å². The van der Waals surface area contributed by atoms with Gasteiger partial charge in [0.05, 0.1) is 0 Å². The SMILES string of the molecule is CC(C(=O)N(CCCO)C(C)C)=C1CNC1. The number of carbonyl (C=O) groups is 1. The molecule has 1 aliphatic heterocycles. The van der Waals surface area contributed by atoms with Gasteiger partial charge >= 0.3 is 0 Å². The molecule has 0 aromatic rings. The number of aliphatic hydroxyl groups excluding tert-OH is 1. The molecular weight excluding hydrogens is 204 g/mol. The third kappa shape index (κ3) is 3.06. The molecule has 1 rings (SSSR count). The largest absolute Gasteiger partial charge is 0.396 e. The smallest absolute Gasteiger partial charge is 0.249 e. The Kier molecular flexibility index (Phi) is 4.96. The fourth-order valence-corrected chi connectivity index (χ4v) is 1.72. The molecule has 1 fully saturated rings. The van der Waals surface area contributed by atoms with Crippen LogP contribution in [0.2, 0.25) is 0 Å². The molecule has 0 aliphatic carbocycles. The normalized spacial score (nSPS) is 14.9. The second-order valence-corrected chi connectivity index (χ2v) is 4.50. The predicted octanol–water partition coefficient (Wildman–Crippen LogP) is 0.525. The number of rotatable bonds is 5. The maximum absolute atomic E-state index is 12.2. The van der Waals surface area contributed by atoms with Crippen LogP contribution in [0.1, 0.15) is 27.2 Å². The fourth-order valence-electron chi connectivity index (χ4n) is 1.72. The molecule has 0 unspecified atom stereocenters. The quantitative estimate of drug-likeness (QED) is 0.672. The van der Waals surface area contributed by atoms with E-state index in [4.69, 9.17) is 5.11 Å². The predicted molar refractivity (Wildman–Crippen MR) is 64.1 cm³/mol. The number of hydrogen-bond donors (Lipinski definition) is 2. The van der Waals surface area contributed by atoms with Gasteiger partial charge in [-0.05, 0) is 32.8 Å². The first-order valence-electron chi connectivity index (χ1n) is 5.89. The van der Waals surface area contributed by atoms with Gasteiger partial charge in [0.1, 0.15) is 0 Å². The van der Waals surface area contributed by atoms with Crippen molar-refractivity contribution < 1.29 is 9.90 Å². The Morgan fingerprint density at radius 3 is 2.50 bits per heavy atom. The Hall–Kier alpha value is -0.870. The summed E-state index contributed by atoms with van der Waals surface area (Å²) in [6.45, 7) is 8.34. The molecule has 0 aromatic carbocycles. The number of carbonyl (C=O) groups excluding carboxylic acids is 1. The maximum Gasteiger partial charge on any atom is 0.249 e. The minimum atomic E-state index is 0.111. The van der Waals surface area contributed by atoms with E-state index in [2.05, 4.69) is 5.32 Å². The molecule has 0 spiro atoms. The molecule has 2 N–H and O–H groups in total. The van der Waals surface area contributed by atoms with Crippen molar-refractivity contribution in [3.05, 3.63) is 11.1 Å². The summed E-state index contributed by atoms with van der Waals surface area (Å²) >= 11 is 0. The van der Waals surface area contributed by atoms with Crippen LogP contribution < -0.4 is 5.32 Å². The van der Waals surface area contributed by atoms with Crippen molar-refractivity contribution in [3.63, 3.8) is 0 Å². The third-order valence-electron chi connectivity index (χ3n) is 2.97. The summed E-state index contributed by atoms with van der Waals surface area (Å²) in [7, 11) is 0. The van der Waals surface area contributed by atoms with E-state index in [1.807, 2.05) is 25.7 Å². The lowest BCUT2D eigenvalue weighted by Crippen LogP contribution is -2.42. The lowest BCUT2D eigenvalue weighted by molar-refractivity contribution is -0.129. The average molecular weight is 226 g/mol. The number of hydrogen-bond acceptors (Lipinski definition) is 3. The maximum atomic E-state index is 12.2. The minimum absolute atomic E-state index is 0.111. The van der Waals surface area contributed by atoms with Crippen LogP contribution in [0.4, 0.5) is 0 Å². The van der Waals surface area contributed by atoms with Crippen molar-refractivity contribution in [2.24, 2.45) is 0 Å². The van der Waals surface area contributed by atoms with Crippen molar-refractivity contribution in [2.45, 2.75) is 33.2 Å². The van der Waals surface area contributed by atoms with Crippen LogP contribution in [0.3, 0.4) is 0 Å². The van der Waals surface area contributed by atoms with Gasteiger partial charge in [-0.1, -0.05) is 0 Å². The van der Waals surface area contributed by atoms with Gasteiger partial charge in [-0.3, -0.25) is 4.79 Å². The summed E-state index contributed by atoms with van der Waals surface area (Å²) in [5.41, 5.74) is 2.07. The average Bonchev–Trinajstić information content (AvgIpc) is 2.14. The highest BCUT2D eigenvalue weighted by molar-refractivity contribution is 5.94. The zero-order valence-electron chi connectivity index (χ0n) is 10.4. The van der Waals surface area contributed by atoms with Gasteiger partial charge in [-0.25, -0.2) is 0 Å². The molecule has 16 heavy (non-hydrogen) atoms. The first kappa shape index (κ1) is 13.2. The summed E-state index contributed by atoms with van der Waals surface area (Å²) in [5.74, 6) is 0.111. The Bertz CT molecular complexity index is 279. The van der Waals surface area contributed by atoms with Crippen molar-refractivity contribution in [1.29, 1.82) is 0 Å². The summed E-state index contributed by atoms with van der Waals surface area (Å²) in [5, 5.41) is 12.0. The van der Waals surface area contributed by atoms with E-state index in [0.717, 1.165) is 18.7 Å². The third-order valence-corrected chi connectivity index (χ3v) is 2.97. The first-order chi connectivity index (χ1) is 7.57. The standard InChI is InChI=1S/C12H22N2O2/c1-9(2)14(5-4-6-15)12(16)10(3)11-7-13-8-11/h9,13,15H,4-8H2,1-3H3. The highest BCUT2D eigenvalue weighted by Crippen LogP contribution is 2.14. The van der Waals surface area contributed by atoms with E-state index < -0.39 is 0 Å². The van der Waals surface area contributed by atoms with Gasteiger partial charge in [0.25, 0.3) is 0 Å². The van der Waals surface area contributed by atoms with E-state index in [1.165, 1.54) is 5.57 Å². The lowest BCUT2D eigenvalue weighted by atomic mass is 10.0. The van der Waals surface area contributed by atoms with Gasteiger partial charge in [-0.15, -0.1) is 0 Å². The van der Waals surface area contributed by atoms with Crippen molar-refractivity contribution in [2.75, 3.05) is 26.2 Å².